The van der Waals surface area contributed by atoms with Crippen molar-refractivity contribution in [1.29, 1.82) is 5.26 Å². The van der Waals surface area contributed by atoms with Crippen LogP contribution < -0.4 is 10.6 Å². The number of nitrogens with zero attached hydrogens (tertiary/aromatic N) is 2. The van der Waals surface area contributed by atoms with Gasteiger partial charge >= 0.3 is 0 Å². The first-order valence-electron chi connectivity index (χ1n) is 6.92. The van der Waals surface area contributed by atoms with Crippen molar-refractivity contribution in [2.24, 2.45) is 0 Å². The van der Waals surface area contributed by atoms with E-state index in [1.54, 1.807) is 18.5 Å². The molecule has 2 N–H and O–H groups in total. The first-order chi connectivity index (χ1) is 10.8. The van der Waals surface area contributed by atoms with Gasteiger partial charge in [0, 0.05) is 29.9 Å². The summed E-state index contributed by atoms with van der Waals surface area (Å²) in [4.78, 5) is 17.2. The summed E-state index contributed by atoms with van der Waals surface area (Å²) in [6, 6.07) is 5.90. The number of amides is 1. The van der Waals surface area contributed by atoms with Gasteiger partial charge in [-0.05, 0) is 36.2 Å². The minimum Gasteiger partial charge on any atom is -0.313 e. The minimum atomic E-state index is -0.244. The zero-order chi connectivity index (χ0) is 15.4. The molecule has 3 rings (SSSR count). The molecule has 0 spiro atoms. The lowest BCUT2D eigenvalue weighted by molar-refractivity contribution is -0.111. The van der Waals surface area contributed by atoms with Gasteiger partial charge in [0.1, 0.15) is 11.1 Å². The van der Waals surface area contributed by atoms with Crippen molar-refractivity contribution in [3.05, 3.63) is 52.2 Å². The predicted octanol–water partition coefficient (Wildman–Crippen LogP) is 2.31. The molecule has 5 nitrogen and oxygen atoms in total. The molecule has 0 radical (unpaired) electrons. The van der Waals surface area contributed by atoms with Gasteiger partial charge in [-0.25, -0.2) is 0 Å². The zero-order valence-corrected chi connectivity index (χ0v) is 12.6. The molecule has 1 aliphatic heterocycles. The van der Waals surface area contributed by atoms with Crippen LogP contribution in [0.4, 0.5) is 5.00 Å². The molecule has 0 unspecified atom stereocenters. The fraction of sp³-hybridized carbons (Fsp3) is 0.188. The van der Waals surface area contributed by atoms with Gasteiger partial charge in [-0.1, -0.05) is 6.07 Å². The summed E-state index contributed by atoms with van der Waals surface area (Å²) in [5, 5.41) is 16.1. The number of fused-ring (bicyclic) bond motifs is 1. The molecule has 0 bridgehead atoms. The maximum atomic E-state index is 12.0. The minimum absolute atomic E-state index is 0.244. The maximum Gasteiger partial charge on any atom is 0.249 e. The van der Waals surface area contributed by atoms with Gasteiger partial charge in [0.25, 0.3) is 0 Å². The molecular formula is C16H14N4OS. The Kier molecular flexibility index (Phi) is 4.28. The Balaban J connectivity index is 1.76. The first kappa shape index (κ1) is 14.4. The number of hydrogen-bond donors (Lipinski definition) is 2. The Labute approximate surface area is 132 Å². The average molecular weight is 310 g/mol. The van der Waals surface area contributed by atoms with E-state index in [0.717, 1.165) is 35.5 Å². The third-order valence-electron chi connectivity index (χ3n) is 3.39. The quantitative estimate of drug-likeness (QED) is 0.853. The molecule has 6 heteroatoms. The van der Waals surface area contributed by atoms with E-state index in [-0.39, 0.29) is 5.91 Å². The van der Waals surface area contributed by atoms with Crippen molar-refractivity contribution in [3.63, 3.8) is 0 Å². The Hall–Kier alpha value is -2.49. The first-order valence-corrected chi connectivity index (χ1v) is 7.74. The van der Waals surface area contributed by atoms with Gasteiger partial charge in [-0.2, -0.15) is 5.26 Å². The highest BCUT2D eigenvalue weighted by molar-refractivity contribution is 7.16. The van der Waals surface area contributed by atoms with Crippen molar-refractivity contribution in [2.75, 3.05) is 11.9 Å². The number of carbonyl (C=O) groups is 1. The number of carbonyl (C=O) groups excluding carboxylic acids is 1. The number of pyridine rings is 1. The molecule has 0 saturated heterocycles. The number of anilines is 1. The summed E-state index contributed by atoms with van der Waals surface area (Å²) in [5.74, 6) is -0.244. The monoisotopic (exact) mass is 310 g/mol. The van der Waals surface area contributed by atoms with Crippen LogP contribution in [0.5, 0.6) is 0 Å². The highest BCUT2D eigenvalue weighted by Crippen LogP contribution is 2.34. The van der Waals surface area contributed by atoms with E-state index in [2.05, 4.69) is 21.7 Å². The van der Waals surface area contributed by atoms with Gasteiger partial charge in [0.2, 0.25) is 5.91 Å². The van der Waals surface area contributed by atoms with Crippen LogP contribution in [-0.4, -0.2) is 17.4 Å². The van der Waals surface area contributed by atoms with Crippen molar-refractivity contribution >= 4 is 28.3 Å². The van der Waals surface area contributed by atoms with Crippen LogP contribution in [-0.2, 0) is 17.8 Å². The Morgan fingerprint density at radius 2 is 2.45 bits per heavy atom. The molecular weight excluding hydrogens is 296 g/mol. The van der Waals surface area contributed by atoms with Crippen LogP contribution in [0.15, 0.2) is 30.6 Å². The Morgan fingerprint density at radius 1 is 1.55 bits per heavy atom. The highest BCUT2D eigenvalue weighted by atomic mass is 32.1. The van der Waals surface area contributed by atoms with Gasteiger partial charge in [0.15, 0.2) is 0 Å². The standard InChI is InChI=1S/C16H14N4OS/c17-8-13-12-5-7-19-10-14(12)22-16(13)20-15(21)4-3-11-2-1-6-18-9-11/h1-4,6,9,19H,5,7,10H2,(H,20,21)/b4-3-. The zero-order valence-electron chi connectivity index (χ0n) is 11.8. The summed E-state index contributed by atoms with van der Waals surface area (Å²) in [6.07, 6.45) is 7.34. The third kappa shape index (κ3) is 3.06. The molecule has 1 aliphatic rings. The van der Waals surface area contributed by atoms with Crippen LogP contribution in [0.25, 0.3) is 6.08 Å². The number of nitrogens with one attached hydrogen (secondary N) is 2. The molecule has 2 aromatic rings. The molecule has 110 valence electrons. The number of nitriles is 1. The smallest absolute Gasteiger partial charge is 0.249 e. The van der Waals surface area contributed by atoms with Gasteiger partial charge in [0.05, 0.1) is 5.56 Å². The fourth-order valence-corrected chi connectivity index (χ4v) is 3.51. The van der Waals surface area contributed by atoms with Crippen LogP contribution in [0.1, 0.15) is 21.6 Å². The van der Waals surface area contributed by atoms with E-state index < -0.39 is 0 Å². The van der Waals surface area contributed by atoms with E-state index in [1.807, 2.05) is 12.1 Å². The lowest BCUT2D eigenvalue weighted by Crippen LogP contribution is -2.22. The molecule has 2 aromatic heterocycles. The highest BCUT2D eigenvalue weighted by Gasteiger charge is 2.21. The summed E-state index contributed by atoms with van der Waals surface area (Å²) >= 11 is 1.47. The lowest BCUT2D eigenvalue weighted by Gasteiger charge is -2.11. The molecule has 0 aromatic carbocycles. The van der Waals surface area contributed by atoms with Crippen LogP contribution in [0, 0.1) is 11.3 Å². The van der Waals surface area contributed by atoms with E-state index in [9.17, 15) is 10.1 Å². The van der Waals surface area contributed by atoms with E-state index >= 15 is 0 Å². The molecule has 0 saturated carbocycles. The van der Waals surface area contributed by atoms with Crippen molar-refractivity contribution in [2.45, 2.75) is 13.0 Å². The van der Waals surface area contributed by atoms with Crippen molar-refractivity contribution < 1.29 is 4.79 Å². The van der Waals surface area contributed by atoms with Crippen molar-refractivity contribution in [3.8, 4) is 6.07 Å². The maximum absolute atomic E-state index is 12.0. The summed E-state index contributed by atoms with van der Waals surface area (Å²) in [7, 11) is 0. The van der Waals surface area contributed by atoms with Crippen LogP contribution >= 0.6 is 11.3 Å². The Morgan fingerprint density at radius 3 is 3.23 bits per heavy atom. The van der Waals surface area contributed by atoms with Crippen LogP contribution in [0.3, 0.4) is 0 Å². The number of aromatic nitrogens is 1. The lowest BCUT2D eigenvalue weighted by atomic mass is 10.1. The summed E-state index contributed by atoms with van der Waals surface area (Å²) < 4.78 is 0. The van der Waals surface area contributed by atoms with Gasteiger partial charge in [-0.15, -0.1) is 11.3 Å². The second-order valence-electron chi connectivity index (χ2n) is 4.86. The normalized spacial score (nSPS) is 13.6. The molecule has 3 heterocycles. The molecule has 0 atom stereocenters. The third-order valence-corrected chi connectivity index (χ3v) is 4.54. The van der Waals surface area contributed by atoms with E-state index in [4.69, 9.17) is 0 Å². The summed E-state index contributed by atoms with van der Waals surface area (Å²) in [6.45, 7) is 1.63. The molecule has 22 heavy (non-hydrogen) atoms. The number of rotatable bonds is 3. The van der Waals surface area contributed by atoms with Gasteiger partial charge < -0.3 is 10.6 Å². The van der Waals surface area contributed by atoms with Crippen LogP contribution in [0.2, 0.25) is 0 Å². The van der Waals surface area contributed by atoms with E-state index in [1.165, 1.54) is 17.4 Å². The van der Waals surface area contributed by atoms with E-state index in [0.29, 0.717) is 10.6 Å². The molecule has 1 amide bonds. The predicted molar refractivity (Wildman–Crippen MR) is 86.3 cm³/mol. The Bertz CT molecular complexity index is 758. The molecule has 0 fully saturated rings. The largest absolute Gasteiger partial charge is 0.313 e. The SMILES string of the molecule is N#Cc1c(NC(=O)/C=C\c2cccnc2)sc2c1CCNC2. The number of hydrogen-bond acceptors (Lipinski definition) is 5. The topological polar surface area (TPSA) is 77.8 Å². The fourth-order valence-electron chi connectivity index (χ4n) is 2.34. The van der Waals surface area contributed by atoms with Crippen molar-refractivity contribution in [1.82, 2.24) is 10.3 Å². The van der Waals surface area contributed by atoms with Gasteiger partial charge in [-0.3, -0.25) is 9.78 Å². The second kappa shape index (κ2) is 6.52. The summed E-state index contributed by atoms with van der Waals surface area (Å²) in [5.41, 5.74) is 2.52. The average Bonchev–Trinajstić information content (AvgIpc) is 2.91. The second-order valence-corrected chi connectivity index (χ2v) is 5.96. The number of thiophene rings is 1. The molecule has 0 aliphatic carbocycles.